The van der Waals surface area contributed by atoms with Crippen molar-refractivity contribution < 1.29 is 0 Å². The smallest absolute Gasteiger partial charge is 0.247 e. The standard InChI is InChI=1S/C15H20N4OS/c1-10(2)8-19-14(12-5-6-13(20)16-7-12)17-18-15(19)21-9-11(3)4/h5-7,11H,1,8-9H2,2-4H3,(H,16,20). The van der Waals surface area contributed by atoms with Gasteiger partial charge in [0.25, 0.3) is 0 Å². The highest BCUT2D eigenvalue weighted by molar-refractivity contribution is 7.99. The molecule has 0 spiro atoms. The molecule has 2 aromatic heterocycles. The van der Waals surface area contributed by atoms with Gasteiger partial charge in [-0.3, -0.25) is 9.36 Å². The number of pyridine rings is 1. The third kappa shape index (κ3) is 4.07. The highest BCUT2D eigenvalue weighted by Gasteiger charge is 2.15. The highest BCUT2D eigenvalue weighted by Crippen LogP contribution is 2.25. The molecular formula is C15H20N4OS. The summed E-state index contributed by atoms with van der Waals surface area (Å²) in [4.78, 5) is 13.9. The molecule has 0 unspecified atom stereocenters. The lowest BCUT2D eigenvalue weighted by atomic mass is 10.2. The van der Waals surface area contributed by atoms with E-state index < -0.39 is 0 Å². The maximum absolute atomic E-state index is 11.2. The predicted octanol–water partition coefficient (Wildman–Crippen LogP) is 2.96. The van der Waals surface area contributed by atoms with Crippen molar-refractivity contribution in [1.29, 1.82) is 0 Å². The molecule has 0 atom stereocenters. The first-order chi connectivity index (χ1) is 9.97. The quantitative estimate of drug-likeness (QED) is 0.658. The van der Waals surface area contributed by atoms with Gasteiger partial charge in [-0.25, -0.2) is 0 Å². The largest absolute Gasteiger partial charge is 0.328 e. The van der Waals surface area contributed by atoms with Crippen LogP contribution >= 0.6 is 11.8 Å². The minimum Gasteiger partial charge on any atom is -0.328 e. The Morgan fingerprint density at radius 3 is 2.76 bits per heavy atom. The van der Waals surface area contributed by atoms with Crippen molar-refractivity contribution in [3.05, 3.63) is 40.8 Å². The number of aromatic amines is 1. The molecule has 1 N–H and O–H groups in total. The second-order valence-electron chi connectivity index (χ2n) is 5.50. The van der Waals surface area contributed by atoms with Gasteiger partial charge >= 0.3 is 0 Å². The lowest BCUT2D eigenvalue weighted by Crippen LogP contribution is -2.06. The summed E-state index contributed by atoms with van der Waals surface area (Å²) < 4.78 is 2.04. The molecule has 0 amide bonds. The van der Waals surface area contributed by atoms with Gasteiger partial charge in [0.15, 0.2) is 11.0 Å². The van der Waals surface area contributed by atoms with Gasteiger partial charge in [-0.15, -0.1) is 10.2 Å². The highest BCUT2D eigenvalue weighted by atomic mass is 32.2. The predicted molar refractivity (Wildman–Crippen MR) is 86.5 cm³/mol. The van der Waals surface area contributed by atoms with Gasteiger partial charge < -0.3 is 4.98 Å². The summed E-state index contributed by atoms with van der Waals surface area (Å²) in [5.41, 5.74) is 1.76. The molecule has 0 radical (unpaired) electrons. The molecule has 0 aliphatic heterocycles. The summed E-state index contributed by atoms with van der Waals surface area (Å²) in [5, 5.41) is 9.44. The van der Waals surface area contributed by atoms with Crippen LogP contribution in [0.1, 0.15) is 20.8 Å². The Balaban J connectivity index is 2.38. The lowest BCUT2D eigenvalue weighted by Gasteiger charge is -2.10. The number of nitrogens with one attached hydrogen (secondary N) is 1. The Morgan fingerprint density at radius 2 is 2.19 bits per heavy atom. The number of H-pyrrole nitrogens is 1. The van der Waals surface area contributed by atoms with E-state index in [-0.39, 0.29) is 5.56 Å². The van der Waals surface area contributed by atoms with Crippen LogP contribution in [0.4, 0.5) is 0 Å². The van der Waals surface area contributed by atoms with E-state index in [2.05, 4.69) is 35.6 Å². The fourth-order valence-corrected chi connectivity index (χ4v) is 2.70. The normalized spacial score (nSPS) is 11.0. The first-order valence-corrected chi connectivity index (χ1v) is 7.85. The zero-order valence-corrected chi connectivity index (χ0v) is 13.4. The topological polar surface area (TPSA) is 63.6 Å². The van der Waals surface area contributed by atoms with Gasteiger partial charge in [-0.1, -0.05) is 37.8 Å². The van der Waals surface area contributed by atoms with Crippen molar-refractivity contribution in [2.45, 2.75) is 32.5 Å². The molecule has 0 fully saturated rings. The summed E-state index contributed by atoms with van der Waals surface area (Å²) in [5.74, 6) is 2.32. The Labute approximate surface area is 128 Å². The summed E-state index contributed by atoms with van der Waals surface area (Å²) in [6.45, 7) is 11.0. The van der Waals surface area contributed by atoms with E-state index in [1.54, 1.807) is 24.0 Å². The van der Waals surface area contributed by atoms with Gasteiger partial charge in [-0.05, 0) is 18.9 Å². The van der Waals surface area contributed by atoms with E-state index in [4.69, 9.17) is 0 Å². The number of thioether (sulfide) groups is 1. The van der Waals surface area contributed by atoms with Crippen LogP contribution in [-0.4, -0.2) is 25.5 Å². The summed E-state index contributed by atoms with van der Waals surface area (Å²) in [6.07, 6.45) is 1.66. The number of aromatic nitrogens is 4. The van der Waals surface area contributed by atoms with Crippen LogP contribution in [0.25, 0.3) is 11.4 Å². The number of nitrogens with zero attached hydrogens (tertiary/aromatic N) is 3. The Kier molecular flexibility index (Phi) is 5.01. The molecule has 0 bridgehead atoms. The van der Waals surface area contributed by atoms with Gasteiger partial charge in [0.2, 0.25) is 5.56 Å². The maximum Gasteiger partial charge on any atom is 0.247 e. The van der Waals surface area contributed by atoms with E-state index >= 15 is 0 Å². The van der Waals surface area contributed by atoms with Crippen LogP contribution in [0, 0.1) is 5.92 Å². The molecule has 5 nitrogen and oxygen atoms in total. The fourth-order valence-electron chi connectivity index (χ4n) is 1.81. The number of hydrogen-bond acceptors (Lipinski definition) is 4. The molecule has 112 valence electrons. The van der Waals surface area contributed by atoms with Gasteiger partial charge in [-0.2, -0.15) is 0 Å². The molecule has 0 aliphatic carbocycles. The molecular weight excluding hydrogens is 284 g/mol. The van der Waals surface area contributed by atoms with Crippen molar-refractivity contribution in [2.24, 2.45) is 5.92 Å². The first-order valence-electron chi connectivity index (χ1n) is 6.87. The Morgan fingerprint density at radius 1 is 1.43 bits per heavy atom. The molecule has 0 aliphatic rings. The average molecular weight is 304 g/mol. The first kappa shape index (κ1) is 15.6. The minimum absolute atomic E-state index is 0.126. The van der Waals surface area contributed by atoms with Crippen molar-refractivity contribution in [2.75, 3.05) is 5.75 Å². The van der Waals surface area contributed by atoms with Gasteiger partial charge in [0.1, 0.15) is 0 Å². The van der Waals surface area contributed by atoms with Crippen molar-refractivity contribution in [3.8, 4) is 11.4 Å². The molecule has 2 heterocycles. The third-order valence-corrected chi connectivity index (χ3v) is 4.13. The van der Waals surface area contributed by atoms with Crippen molar-refractivity contribution >= 4 is 11.8 Å². The van der Waals surface area contributed by atoms with E-state index in [0.717, 1.165) is 27.9 Å². The van der Waals surface area contributed by atoms with E-state index in [0.29, 0.717) is 12.5 Å². The molecule has 0 aromatic carbocycles. The fraction of sp³-hybridized carbons (Fsp3) is 0.400. The Hall–Kier alpha value is -1.82. The maximum atomic E-state index is 11.2. The molecule has 0 saturated heterocycles. The monoisotopic (exact) mass is 304 g/mol. The van der Waals surface area contributed by atoms with Crippen LogP contribution in [0.2, 0.25) is 0 Å². The van der Waals surface area contributed by atoms with E-state index in [9.17, 15) is 4.79 Å². The van der Waals surface area contributed by atoms with Crippen molar-refractivity contribution in [1.82, 2.24) is 19.7 Å². The second-order valence-corrected chi connectivity index (χ2v) is 6.48. The van der Waals surface area contributed by atoms with E-state index in [1.807, 2.05) is 11.5 Å². The third-order valence-electron chi connectivity index (χ3n) is 2.73. The summed E-state index contributed by atoms with van der Waals surface area (Å²) in [7, 11) is 0. The molecule has 2 rings (SSSR count). The van der Waals surface area contributed by atoms with Crippen LogP contribution in [0.3, 0.4) is 0 Å². The number of allylic oxidation sites excluding steroid dienone is 1. The number of rotatable bonds is 6. The SMILES string of the molecule is C=C(C)Cn1c(SCC(C)C)nnc1-c1ccc(=O)[nH]c1. The van der Waals surface area contributed by atoms with Crippen LogP contribution in [0.5, 0.6) is 0 Å². The summed E-state index contributed by atoms with van der Waals surface area (Å²) >= 11 is 1.69. The second kappa shape index (κ2) is 6.76. The van der Waals surface area contributed by atoms with Crippen LogP contribution in [0.15, 0.2) is 40.4 Å². The number of hydrogen-bond donors (Lipinski definition) is 1. The van der Waals surface area contributed by atoms with Gasteiger partial charge in [0, 0.05) is 30.1 Å². The minimum atomic E-state index is -0.126. The van der Waals surface area contributed by atoms with Gasteiger partial charge in [0.05, 0.1) is 0 Å². The van der Waals surface area contributed by atoms with E-state index in [1.165, 1.54) is 6.07 Å². The van der Waals surface area contributed by atoms with Crippen LogP contribution < -0.4 is 5.56 Å². The zero-order chi connectivity index (χ0) is 15.4. The molecule has 2 aromatic rings. The lowest BCUT2D eigenvalue weighted by molar-refractivity contribution is 0.698. The summed E-state index contributed by atoms with van der Waals surface area (Å²) in [6, 6.07) is 3.25. The van der Waals surface area contributed by atoms with Crippen molar-refractivity contribution in [3.63, 3.8) is 0 Å². The average Bonchev–Trinajstić information content (AvgIpc) is 2.79. The molecule has 6 heteroatoms. The van der Waals surface area contributed by atoms with Crippen LogP contribution in [-0.2, 0) is 6.54 Å². The molecule has 0 saturated carbocycles. The Bertz CT molecular complexity index is 667. The molecule has 21 heavy (non-hydrogen) atoms. The zero-order valence-electron chi connectivity index (χ0n) is 12.6.